The molecule has 0 aliphatic heterocycles. The molecule has 0 aromatic heterocycles. The molecule has 1 aliphatic rings. The summed E-state index contributed by atoms with van der Waals surface area (Å²) < 4.78 is 5.14. The third kappa shape index (κ3) is 2.07. The van der Waals surface area contributed by atoms with Crippen molar-refractivity contribution in [2.75, 3.05) is 6.61 Å². The molecule has 74 valence electrons. The lowest BCUT2D eigenvalue weighted by Crippen LogP contribution is -1.98. The molecule has 1 aromatic carbocycles. The number of carbonyl (C=O) groups is 1. The lowest BCUT2D eigenvalue weighted by molar-refractivity contribution is -0.109. The van der Waals surface area contributed by atoms with Crippen LogP contribution in [0.1, 0.15) is 24.3 Å². The fraction of sp³-hybridized carbons (Fsp3) is 0.364. The predicted octanol–water partition coefficient (Wildman–Crippen LogP) is 2.80. The number of hydrogen-bond donors (Lipinski definition) is 0. The smallest absolute Gasteiger partial charge is 0.157 e. The van der Waals surface area contributed by atoms with Crippen molar-refractivity contribution in [3.8, 4) is 5.75 Å². The summed E-state index contributed by atoms with van der Waals surface area (Å²) in [6.45, 7) is 0.0580. The molecule has 0 unspecified atom stereocenters. The zero-order chi connectivity index (χ0) is 9.97. The minimum absolute atomic E-state index is 0.0580. The molecule has 0 atom stereocenters. The highest BCUT2D eigenvalue weighted by Gasteiger charge is 2.23. The molecule has 2 rings (SSSR count). The van der Waals surface area contributed by atoms with Crippen LogP contribution in [0, 0.1) is 0 Å². The second-order valence-electron chi connectivity index (χ2n) is 3.44. The Bertz CT molecular complexity index is 345. The normalized spacial score (nSPS) is 15.2. The molecule has 2 nitrogen and oxygen atoms in total. The summed E-state index contributed by atoms with van der Waals surface area (Å²) in [7, 11) is 0. The summed E-state index contributed by atoms with van der Waals surface area (Å²) in [5.74, 6) is 1.27. The summed E-state index contributed by atoms with van der Waals surface area (Å²) in [5, 5.41) is 0.594. The van der Waals surface area contributed by atoms with Crippen molar-refractivity contribution in [1.29, 1.82) is 0 Å². The van der Waals surface area contributed by atoms with Crippen molar-refractivity contribution in [3.05, 3.63) is 28.8 Å². The highest BCUT2D eigenvalue weighted by atomic mass is 35.5. The maximum atomic E-state index is 10.1. The number of hydrogen-bond acceptors (Lipinski definition) is 2. The number of rotatable bonds is 4. The third-order valence-electron chi connectivity index (χ3n) is 2.31. The highest BCUT2D eigenvalue weighted by Crippen LogP contribution is 2.42. The van der Waals surface area contributed by atoms with Gasteiger partial charge in [-0.05, 0) is 36.5 Å². The molecule has 0 amide bonds. The Balaban J connectivity index is 2.13. The first-order chi connectivity index (χ1) is 6.81. The summed E-state index contributed by atoms with van der Waals surface area (Å²) in [6, 6.07) is 5.78. The van der Waals surface area contributed by atoms with Crippen LogP contribution in [0.15, 0.2) is 18.2 Å². The molecule has 1 fully saturated rings. The topological polar surface area (TPSA) is 26.3 Å². The van der Waals surface area contributed by atoms with Crippen molar-refractivity contribution in [3.63, 3.8) is 0 Å². The van der Waals surface area contributed by atoms with Crippen LogP contribution in [-0.4, -0.2) is 12.9 Å². The van der Waals surface area contributed by atoms with Crippen LogP contribution >= 0.6 is 11.6 Å². The monoisotopic (exact) mass is 210 g/mol. The van der Waals surface area contributed by atoms with Gasteiger partial charge in [0.2, 0.25) is 0 Å². The molecule has 14 heavy (non-hydrogen) atoms. The van der Waals surface area contributed by atoms with Gasteiger partial charge in [-0.3, -0.25) is 4.79 Å². The molecular weight excluding hydrogens is 200 g/mol. The molecular formula is C11H11ClO2. The van der Waals surface area contributed by atoms with Crippen LogP contribution < -0.4 is 4.74 Å². The van der Waals surface area contributed by atoms with Crippen molar-refractivity contribution in [1.82, 2.24) is 0 Å². The zero-order valence-corrected chi connectivity index (χ0v) is 8.46. The third-order valence-corrected chi connectivity index (χ3v) is 2.61. The number of halogens is 1. The highest BCUT2D eigenvalue weighted by molar-refractivity contribution is 6.32. The average molecular weight is 211 g/mol. The Kier molecular flexibility index (Phi) is 2.73. The van der Waals surface area contributed by atoms with Crippen molar-refractivity contribution in [2.24, 2.45) is 0 Å². The van der Waals surface area contributed by atoms with Crippen LogP contribution in [0.5, 0.6) is 5.75 Å². The van der Waals surface area contributed by atoms with Crippen molar-refractivity contribution in [2.45, 2.75) is 18.8 Å². The largest absolute Gasteiger partial charge is 0.485 e. The van der Waals surface area contributed by atoms with Gasteiger partial charge >= 0.3 is 0 Å². The van der Waals surface area contributed by atoms with Crippen LogP contribution in [0.25, 0.3) is 0 Å². The van der Waals surface area contributed by atoms with Gasteiger partial charge in [0.15, 0.2) is 6.29 Å². The molecule has 0 radical (unpaired) electrons. The lowest BCUT2D eigenvalue weighted by Gasteiger charge is -2.06. The van der Waals surface area contributed by atoms with Crippen molar-refractivity contribution < 1.29 is 9.53 Å². The summed E-state index contributed by atoms with van der Waals surface area (Å²) >= 11 is 6.00. The van der Waals surface area contributed by atoms with E-state index in [1.807, 2.05) is 18.2 Å². The Hall–Kier alpha value is -1.02. The SMILES string of the molecule is O=CCOc1ccc(C2CC2)cc1Cl. The standard InChI is InChI=1S/C11H11ClO2/c12-10-7-9(8-1-2-8)3-4-11(10)14-6-5-13/h3-5,7-8H,1-2,6H2. The second kappa shape index (κ2) is 4.01. The minimum Gasteiger partial charge on any atom is -0.485 e. The first-order valence-electron chi connectivity index (χ1n) is 4.67. The zero-order valence-electron chi connectivity index (χ0n) is 7.70. The summed E-state index contributed by atoms with van der Waals surface area (Å²) in [6.07, 6.45) is 3.22. The predicted molar refractivity (Wildman–Crippen MR) is 55.0 cm³/mol. The van der Waals surface area contributed by atoms with Gasteiger partial charge in [-0.1, -0.05) is 17.7 Å². The Labute approximate surface area is 87.8 Å². The van der Waals surface area contributed by atoms with E-state index in [1.165, 1.54) is 18.4 Å². The Morgan fingerprint density at radius 2 is 2.29 bits per heavy atom. The lowest BCUT2D eigenvalue weighted by atomic mass is 10.1. The van der Waals surface area contributed by atoms with E-state index in [4.69, 9.17) is 16.3 Å². The molecule has 3 heteroatoms. The van der Waals surface area contributed by atoms with E-state index >= 15 is 0 Å². The number of aldehydes is 1. The van der Waals surface area contributed by atoms with Crippen LogP contribution in [0.4, 0.5) is 0 Å². The average Bonchev–Trinajstić information content (AvgIpc) is 2.99. The number of carbonyl (C=O) groups excluding carboxylic acids is 1. The Morgan fingerprint density at radius 1 is 1.50 bits per heavy atom. The maximum absolute atomic E-state index is 10.1. The quantitative estimate of drug-likeness (QED) is 0.715. The van der Waals surface area contributed by atoms with Gasteiger partial charge in [-0.25, -0.2) is 0 Å². The molecule has 0 saturated heterocycles. The second-order valence-corrected chi connectivity index (χ2v) is 3.85. The molecule has 1 saturated carbocycles. The molecule has 0 spiro atoms. The van der Waals surface area contributed by atoms with E-state index in [9.17, 15) is 4.79 Å². The van der Waals surface area contributed by atoms with Gasteiger partial charge in [0, 0.05) is 0 Å². The van der Waals surface area contributed by atoms with Crippen LogP contribution in [0.3, 0.4) is 0 Å². The van der Waals surface area contributed by atoms with Crippen molar-refractivity contribution >= 4 is 17.9 Å². The molecule has 0 N–H and O–H groups in total. The molecule has 1 aliphatic carbocycles. The van der Waals surface area contributed by atoms with Gasteiger partial charge in [-0.2, -0.15) is 0 Å². The van der Waals surface area contributed by atoms with E-state index < -0.39 is 0 Å². The van der Waals surface area contributed by atoms with E-state index in [1.54, 1.807) is 0 Å². The van der Waals surface area contributed by atoms with Crippen LogP contribution in [0.2, 0.25) is 5.02 Å². The van der Waals surface area contributed by atoms with Gasteiger partial charge in [-0.15, -0.1) is 0 Å². The molecule has 0 heterocycles. The van der Waals surface area contributed by atoms with Gasteiger partial charge < -0.3 is 4.74 Å². The Morgan fingerprint density at radius 3 is 2.86 bits per heavy atom. The number of ether oxygens (including phenoxy) is 1. The van der Waals surface area contributed by atoms with Gasteiger partial charge in [0.25, 0.3) is 0 Å². The summed E-state index contributed by atoms with van der Waals surface area (Å²) in [4.78, 5) is 10.1. The van der Waals surface area contributed by atoms with E-state index in [2.05, 4.69) is 0 Å². The van der Waals surface area contributed by atoms with Crippen LogP contribution in [-0.2, 0) is 4.79 Å². The van der Waals surface area contributed by atoms with Gasteiger partial charge in [0.05, 0.1) is 5.02 Å². The minimum atomic E-state index is 0.0580. The van der Waals surface area contributed by atoms with Gasteiger partial charge in [0.1, 0.15) is 12.4 Å². The first-order valence-corrected chi connectivity index (χ1v) is 5.05. The fourth-order valence-electron chi connectivity index (χ4n) is 1.43. The fourth-order valence-corrected chi connectivity index (χ4v) is 1.67. The maximum Gasteiger partial charge on any atom is 0.157 e. The first kappa shape index (κ1) is 9.53. The number of benzene rings is 1. The molecule has 0 bridgehead atoms. The molecule has 1 aromatic rings. The summed E-state index contributed by atoms with van der Waals surface area (Å²) in [5.41, 5.74) is 1.27. The van der Waals surface area contributed by atoms with E-state index in [0.717, 1.165) is 0 Å². The van der Waals surface area contributed by atoms with E-state index in [0.29, 0.717) is 23.0 Å². The van der Waals surface area contributed by atoms with E-state index in [-0.39, 0.29) is 6.61 Å².